The number of nitrogens with zero attached hydrogens (tertiary/aromatic N) is 1. The van der Waals surface area contributed by atoms with Gasteiger partial charge in [0.15, 0.2) is 11.5 Å². The molecule has 0 aliphatic carbocycles. The fourth-order valence-corrected chi connectivity index (χ4v) is 4.06. The van der Waals surface area contributed by atoms with E-state index in [9.17, 15) is 19.1 Å². The first-order valence-corrected chi connectivity index (χ1v) is 10.1. The number of morpholine rings is 1. The van der Waals surface area contributed by atoms with Crippen LogP contribution in [0.4, 0.5) is 4.39 Å². The summed E-state index contributed by atoms with van der Waals surface area (Å²) >= 11 is 0. The second-order valence-corrected chi connectivity index (χ2v) is 7.49. The number of nitrogens with one attached hydrogen (secondary N) is 1. The molecule has 0 spiro atoms. The van der Waals surface area contributed by atoms with Crippen molar-refractivity contribution in [2.24, 2.45) is 0 Å². The van der Waals surface area contributed by atoms with Crippen molar-refractivity contribution in [3.05, 3.63) is 71.1 Å². The Morgan fingerprint density at radius 1 is 1.20 bits per heavy atom. The van der Waals surface area contributed by atoms with E-state index in [-0.39, 0.29) is 11.3 Å². The zero-order valence-corrected chi connectivity index (χ0v) is 16.5. The highest BCUT2D eigenvalue weighted by atomic mass is 19.1. The lowest BCUT2D eigenvalue weighted by atomic mass is 9.95. The molecule has 7 nitrogen and oxygen atoms in total. The van der Waals surface area contributed by atoms with E-state index in [4.69, 9.17) is 9.15 Å². The second-order valence-electron chi connectivity index (χ2n) is 7.49. The van der Waals surface area contributed by atoms with E-state index in [1.165, 1.54) is 46.4 Å². The molecule has 0 bridgehead atoms. The Hall–Kier alpha value is -2.97. The molecule has 0 saturated carbocycles. The van der Waals surface area contributed by atoms with Crippen LogP contribution >= 0.6 is 0 Å². The van der Waals surface area contributed by atoms with Crippen molar-refractivity contribution in [2.75, 3.05) is 39.4 Å². The number of aliphatic hydroxyl groups is 1. The Balaban J connectivity index is 1.59. The molecule has 1 amide bonds. The summed E-state index contributed by atoms with van der Waals surface area (Å²) in [5, 5.41) is 10.6. The minimum absolute atomic E-state index is 0.0380. The van der Waals surface area contributed by atoms with E-state index >= 15 is 0 Å². The maximum Gasteiger partial charge on any atom is 0.290 e. The molecule has 8 heteroatoms. The molecule has 2 aliphatic heterocycles. The van der Waals surface area contributed by atoms with E-state index in [1.54, 1.807) is 6.07 Å². The third kappa shape index (κ3) is 4.01. The number of hydrogen-bond donors (Lipinski definition) is 2. The van der Waals surface area contributed by atoms with Crippen LogP contribution in [0, 0.1) is 5.82 Å². The zero-order chi connectivity index (χ0) is 21.1. The molecule has 158 valence electrons. The predicted octanol–water partition coefficient (Wildman–Crippen LogP) is 1.30. The topological polar surface area (TPSA) is 84.4 Å². The summed E-state index contributed by atoms with van der Waals surface area (Å²) in [5.41, 5.74) is 0.516. The largest absolute Gasteiger partial charge is 0.503 e. The number of ether oxygens (including phenoxy) is 1. The fraction of sp³-hybridized carbons (Fsp3) is 0.364. The first-order valence-electron chi connectivity index (χ1n) is 10.1. The SMILES string of the molecule is O=C(C1=C(O)C(=O)N(CCC[NH+]2CCOCC2)[C@@H]1c1ccc(F)cc1)c1ccco1. The van der Waals surface area contributed by atoms with Crippen molar-refractivity contribution >= 4 is 11.7 Å². The van der Waals surface area contributed by atoms with E-state index in [0.29, 0.717) is 18.5 Å². The predicted molar refractivity (Wildman–Crippen MR) is 105 cm³/mol. The summed E-state index contributed by atoms with van der Waals surface area (Å²) in [6.07, 6.45) is 2.06. The molecule has 0 unspecified atom stereocenters. The normalized spacial score (nSPS) is 20.2. The summed E-state index contributed by atoms with van der Waals surface area (Å²) in [6, 6.07) is 7.87. The molecular formula is C22H24FN2O5+. The summed E-state index contributed by atoms with van der Waals surface area (Å²) < 4.78 is 24.0. The number of Topliss-reactive ketones (excluding diaryl/α,β-unsaturated/α-hetero) is 1. The van der Waals surface area contributed by atoms with Crippen molar-refractivity contribution < 1.29 is 33.1 Å². The number of carbonyl (C=O) groups is 2. The van der Waals surface area contributed by atoms with Crippen LogP contribution in [0.3, 0.4) is 0 Å². The average molecular weight is 415 g/mol. The van der Waals surface area contributed by atoms with Crippen molar-refractivity contribution in [1.29, 1.82) is 0 Å². The number of furan rings is 1. The second kappa shape index (κ2) is 8.81. The Kier molecular flexibility index (Phi) is 5.96. The maximum atomic E-state index is 13.5. The Bertz CT molecular complexity index is 933. The summed E-state index contributed by atoms with van der Waals surface area (Å²) in [5.74, 6) is -2.11. The Morgan fingerprint density at radius 3 is 2.60 bits per heavy atom. The van der Waals surface area contributed by atoms with Crippen LogP contribution in [-0.4, -0.2) is 61.1 Å². The molecule has 30 heavy (non-hydrogen) atoms. The van der Waals surface area contributed by atoms with E-state index < -0.39 is 29.3 Å². The van der Waals surface area contributed by atoms with E-state index in [0.717, 1.165) is 32.8 Å². The van der Waals surface area contributed by atoms with E-state index in [2.05, 4.69) is 0 Å². The fourth-order valence-electron chi connectivity index (χ4n) is 4.06. The van der Waals surface area contributed by atoms with Crippen LogP contribution < -0.4 is 4.90 Å². The molecule has 1 atom stereocenters. The summed E-state index contributed by atoms with van der Waals surface area (Å²) in [7, 11) is 0. The van der Waals surface area contributed by atoms with Crippen molar-refractivity contribution in [2.45, 2.75) is 12.5 Å². The van der Waals surface area contributed by atoms with Crippen LogP contribution in [0.15, 0.2) is 58.4 Å². The first-order chi connectivity index (χ1) is 14.6. The van der Waals surface area contributed by atoms with E-state index in [1.807, 2.05) is 0 Å². The highest BCUT2D eigenvalue weighted by Crippen LogP contribution is 2.39. The maximum absolute atomic E-state index is 13.5. The molecule has 1 saturated heterocycles. The number of aliphatic hydroxyl groups excluding tert-OH is 1. The van der Waals surface area contributed by atoms with Gasteiger partial charge in [-0.2, -0.15) is 0 Å². The van der Waals surface area contributed by atoms with Gasteiger partial charge in [-0.15, -0.1) is 0 Å². The van der Waals surface area contributed by atoms with Crippen LogP contribution in [0.1, 0.15) is 28.6 Å². The van der Waals surface area contributed by atoms with Crippen LogP contribution in [0.2, 0.25) is 0 Å². The lowest BCUT2D eigenvalue weighted by Crippen LogP contribution is -3.14. The molecule has 3 heterocycles. The minimum atomic E-state index is -0.796. The number of amides is 1. The zero-order valence-electron chi connectivity index (χ0n) is 16.5. The number of rotatable bonds is 7. The minimum Gasteiger partial charge on any atom is -0.503 e. The number of carbonyl (C=O) groups excluding carboxylic acids is 2. The molecule has 2 aromatic rings. The van der Waals surface area contributed by atoms with Gasteiger partial charge in [-0.1, -0.05) is 12.1 Å². The Labute approximate surface area is 173 Å². The average Bonchev–Trinajstić information content (AvgIpc) is 3.38. The van der Waals surface area contributed by atoms with Crippen LogP contribution in [-0.2, 0) is 9.53 Å². The molecule has 1 aromatic carbocycles. The smallest absolute Gasteiger partial charge is 0.290 e. The Morgan fingerprint density at radius 2 is 1.93 bits per heavy atom. The van der Waals surface area contributed by atoms with Gasteiger partial charge in [-0.3, -0.25) is 9.59 Å². The molecule has 2 aliphatic rings. The number of benzene rings is 1. The molecular weight excluding hydrogens is 391 g/mol. The van der Waals surface area contributed by atoms with Crippen molar-refractivity contribution in [1.82, 2.24) is 4.90 Å². The molecule has 0 radical (unpaired) electrons. The third-order valence-electron chi connectivity index (χ3n) is 5.61. The van der Waals surface area contributed by atoms with Crippen LogP contribution in [0.25, 0.3) is 0 Å². The molecule has 1 aromatic heterocycles. The summed E-state index contributed by atoms with van der Waals surface area (Å²) in [6.45, 7) is 4.50. The lowest BCUT2D eigenvalue weighted by molar-refractivity contribution is -0.908. The van der Waals surface area contributed by atoms with Gasteiger partial charge in [0.25, 0.3) is 5.91 Å². The van der Waals surface area contributed by atoms with Gasteiger partial charge in [0.05, 0.1) is 37.6 Å². The van der Waals surface area contributed by atoms with Gasteiger partial charge in [-0.05, 0) is 29.8 Å². The van der Waals surface area contributed by atoms with Crippen molar-refractivity contribution in [3.63, 3.8) is 0 Å². The number of halogens is 1. The molecule has 4 rings (SSSR count). The van der Waals surface area contributed by atoms with Crippen LogP contribution in [0.5, 0.6) is 0 Å². The quantitative estimate of drug-likeness (QED) is 0.666. The van der Waals surface area contributed by atoms with Crippen molar-refractivity contribution in [3.8, 4) is 0 Å². The number of hydrogen-bond acceptors (Lipinski definition) is 5. The third-order valence-corrected chi connectivity index (χ3v) is 5.61. The highest BCUT2D eigenvalue weighted by Gasteiger charge is 2.44. The van der Waals surface area contributed by atoms with Gasteiger partial charge in [0.1, 0.15) is 18.9 Å². The van der Waals surface area contributed by atoms with Gasteiger partial charge in [0, 0.05) is 13.0 Å². The lowest BCUT2D eigenvalue weighted by Gasteiger charge is -2.28. The van der Waals surface area contributed by atoms with Gasteiger partial charge < -0.3 is 24.1 Å². The monoisotopic (exact) mass is 415 g/mol. The first kappa shape index (κ1) is 20.3. The van der Waals surface area contributed by atoms with Gasteiger partial charge in [0.2, 0.25) is 5.78 Å². The number of quaternary nitrogens is 1. The molecule has 1 fully saturated rings. The molecule has 2 N–H and O–H groups in total. The highest BCUT2D eigenvalue weighted by molar-refractivity contribution is 6.14. The summed E-state index contributed by atoms with van der Waals surface area (Å²) in [4.78, 5) is 28.7. The van der Waals surface area contributed by atoms with Gasteiger partial charge >= 0.3 is 0 Å². The number of ketones is 1. The van der Waals surface area contributed by atoms with Gasteiger partial charge in [-0.25, -0.2) is 4.39 Å². The standard InChI is InChI=1S/C22H23FN2O5/c23-16-6-4-15(5-7-16)19-18(20(26)17-3-1-12-30-17)21(27)22(28)25(19)9-2-8-24-10-13-29-14-11-24/h1,3-7,12,19,27H,2,8-11,13-14H2/p+1/t19-/m1/s1.